The average molecular weight is 571 g/mol. The Morgan fingerprint density at radius 3 is 2.08 bits per heavy atom. The Kier molecular flexibility index (Phi) is 11.0. The maximum Gasteiger partial charge on any atom is 0.260 e. The lowest BCUT2D eigenvalue weighted by atomic mass is 10.2. The van der Waals surface area contributed by atoms with Gasteiger partial charge in [-0.3, -0.25) is 9.69 Å². The topological polar surface area (TPSA) is 73.8 Å². The summed E-state index contributed by atoms with van der Waals surface area (Å²) in [5.41, 5.74) is 0.573. The molecule has 2 aromatic carbocycles. The fourth-order valence-electron chi connectivity index (χ4n) is 3.76. The number of halogens is 2. The zero-order chi connectivity index (χ0) is 26.6. The van der Waals surface area contributed by atoms with Gasteiger partial charge in [-0.25, -0.2) is 17.8 Å². The number of rotatable bonds is 11. The Balaban J connectivity index is 0.00000481. The van der Waals surface area contributed by atoms with Crippen LogP contribution in [0.2, 0.25) is 0 Å². The molecule has 0 aliphatic rings. The number of carbonyl (C=O) groups is 1. The van der Waals surface area contributed by atoms with E-state index in [1.54, 1.807) is 12.1 Å². The third kappa shape index (κ3) is 7.70. The zero-order valence-electron chi connectivity index (χ0n) is 22.1. The van der Waals surface area contributed by atoms with Crippen molar-refractivity contribution in [3.05, 3.63) is 53.8 Å². The SMILES string of the molecule is CC(C)CN(CC(C)C)S(=O)(=O)c1ccc(C(=O)N(CCN(C)C)c2nc3c(F)cccc3s2)cc1.Cl. The van der Waals surface area contributed by atoms with Crippen LogP contribution in [0, 0.1) is 17.7 Å². The number of fused-ring (bicyclic) bond motifs is 1. The van der Waals surface area contributed by atoms with Gasteiger partial charge in [0.1, 0.15) is 11.3 Å². The minimum atomic E-state index is -3.70. The van der Waals surface area contributed by atoms with Gasteiger partial charge in [-0.2, -0.15) is 4.31 Å². The molecule has 0 saturated heterocycles. The zero-order valence-corrected chi connectivity index (χ0v) is 24.6. The van der Waals surface area contributed by atoms with Crippen molar-refractivity contribution in [2.24, 2.45) is 11.8 Å². The maximum atomic E-state index is 14.3. The van der Waals surface area contributed by atoms with Gasteiger partial charge < -0.3 is 4.90 Å². The maximum absolute atomic E-state index is 14.3. The first-order chi connectivity index (χ1) is 16.9. The first-order valence-corrected chi connectivity index (χ1v) is 14.3. The van der Waals surface area contributed by atoms with E-state index >= 15 is 0 Å². The molecule has 0 radical (unpaired) electrons. The number of para-hydroxylation sites is 1. The van der Waals surface area contributed by atoms with Gasteiger partial charge in [0.15, 0.2) is 5.13 Å². The standard InChI is InChI=1S/C26H35FN4O3S2.ClH/c1-18(2)16-30(17-19(3)4)36(33,34)21-12-10-20(11-13-21)25(32)31(15-14-29(5)6)26-28-24-22(27)8-7-9-23(24)35-26;/h7-13,18-19H,14-17H2,1-6H3;1H. The van der Waals surface area contributed by atoms with Crippen LogP contribution in [0.1, 0.15) is 38.1 Å². The van der Waals surface area contributed by atoms with E-state index in [1.165, 1.54) is 50.9 Å². The Morgan fingerprint density at radius 2 is 1.57 bits per heavy atom. The molecule has 11 heteroatoms. The molecule has 1 amide bonds. The summed E-state index contributed by atoms with van der Waals surface area (Å²) in [6.45, 7) is 9.73. The summed E-state index contributed by atoms with van der Waals surface area (Å²) in [6.07, 6.45) is 0. The number of anilines is 1. The third-order valence-electron chi connectivity index (χ3n) is 5.48. The van der Waals surface area contributed by atoms with E-state index in [1.807, 2.05) is 46.7 Å². The average Bonchev–Trinajstić information content (AvgIpc) is 3.23. The number of benzene rings is 2. The molecule has 7 nitrogen and oxygen atoms in total. The molecule has 1 aromatic heterocycles. The van der Waals surface area contributed by atoms with Gasteiger partial charge in [0.2, 0.25) is 10.0 Å². The summed E-state index contributed by atoms with van der Waals surface area (Å²) in [5.74, 6) is -0.384. The molecule has 0 fully saturated rings. The molecule has 0 spiro atoms. The predicted octanol–water partition coefficient (Wildman–Crippen LogP) is 5.37. The second-order valence-corrected chi connectivity index (χ2v) is 12.9. The highest BCUT2D eigenvalue weighted by atomic mass is 35.5. The fraction of sp³-hybridized carbons (Fsp3) is 0.462. The first kappa shape index (κ1) is 31.1. The fourth-order valence-corrected chi connectivity index (χ4v) is 6.53. The van der Waals surface area contributed by atoms with Crippen molar-refractivity contribution in [2.45, 2.75) is 32.6 Å². The number of likely N-dealkylation sites (N-methyl/N-ethyl adjacent to an activating group) is 1. The molecular weight excluding hydrogens is 535 g/mol. The number of hydrogen-bond donors (Lipinski definition) is 0. The molecule has 204 valence electrons. The van der Waals surface area contributed by atoms with Gasteiger partial charge in [0, 0.05) is 31.7 Å². The normalized spacial score (nSPS) is 12.1. The van der Waals surface area contributed by atoms with Gasteiger partial charge in [-0.15, -0.1) is 12.4 Å². The van der Waals surface area contributed by atoms with Crippen molar-refractivity contribution in [1.29, 1.82) is 0 Å². The first-order valence-electron chi connectivity index (χ1n) is 12.0. The summed E-state index contributed by atoms with van der Waals surface area (Å²) < 4.78 is 43.1. The van der Waals surface area contributed by atoms with E-state index < -0.39 is 15.8 Å². The lowest BCUT2D eigenvalue weighted by molar-refractivity contribution is 0.0985. The molecule has 0 atom stereocenters. The molecule has 0 saturated carbocycles. The Labute approximate surface area is 229 Å². The van der Waals surface area contributed by atoms with E-state index in [2.05, 4.69) is 4.98 Å². The van der Waals surface area contributed by atoms with Crippen molar-refractivity contribution < 1.29 is 17.6 Å². The Morgan fingerprint density at radius 1 is 0.973 bits per heavy atom. The molecule has 0 unspecified atom stereocenters. The molecule has 3 rings (SSSR count). The molecule has 0 aliphatic heterocycles. The van der Waals surface area contributed by atoms with Crippen LogP contribution in [0.5, 0.6) is 0 Å². The van der Waals surface area contributed by atoms with Crippen LogP contribution in [-0.4, -0.2) is 68.8 Å². The van der Waals surface area contributed by atoms with E-state index in [0.717, 1.165) is 0 Å². The van der Waals surface area contributed by atoms with Crippen molar-refractivity contribution in [3.8, 4) is 0 Å². The van der Waals surface area contributed by atoms with Crippen LogP contribution < -0.4 is 4.90 Å². The summed E-state index contributed by atoms with van der Waals surface area (Å²) in [7, 11) is 0.107. The largest absolute Gasteiger partial charge is 0.308 e. The highest BCUT2D eigenvalue weighted by Crippen LogP contribution is 2.31. The van der Waals surface area contributed by atoms with Crippen molar-refractivity contribution in [3.63, 3.8) is 0 Å². The molecule has 37 heavy (non-hydrogen) atoms. The van der Waals surface area contributed by atoms with Crippen LogP contribution in [0.3, 0.4) is 0 Å². The number of thiazole rings is 1. The Hall–Kier alpha value is -2.11. The second kappa shape index (κ2) is 13.1. The number of nitrogens with zero attached hydrogens (tertiary/aromatic N) is 4. The highest BCUT2D eigenvalue weighted by Gasteiger charge is 2.27. The van der Waals surface area contributed by atoms with Crippen LogP contribution >= 0.6 is 23.7 Å². The third-order valence-corrected chi connectivity index (χ3v) is 8.37. The number of aromatic nitrogens is 1. The Bertz CT molecular complexity index is 1280. The molecule has 0 aliphatic carbocycles. The van der Waals surface area contributed by atoms with Crippen LogP contribution in [0.4, 0.5) is 9.52 Å². The van der Waals surface area contributed by atoms with Gasteiger partial charge >= 0.3 is 0 Å². The van der Waals surface area contributed by atoms with Crippen molar-refractivity contribution in [1.82, 2.24) is 14.2 Å². The second-order valence-electron chi connectivity index (χ2n) is 9.98. The highest BCUT2D eigenvalue weighted by molar-refractivity contribution is 7.89. The van der Waals surface area contributed by atoms with Gasteiger partial charge in [-0.05, 0) is 62.3 Å². The van der Waals surface area contributed by atoms with E-state index in [0.29, 0.717) is 41.6 Å². The van der Waals surface area contributed by atoms with E-state index in [4.69, 9.17) is 0 Å². The number of amides is 1. The number of carbonyl (C=O) groups excluding carboxylic acids is 1. The predicted molar refractivity (Wildman–Crippen MR) is 152 cm³/mol. The molecule has 3 aromatic rings. The summed E-state index contributed by atoms with van der Waals surface area (Å²) in [5, 5.41) is 0.402. The van der Waals surface area contributed by atoms with Crippen LogP contribution in [-0.2, 0) is 10.0 Å². The van der Waals surface area contributed by atoms with E-state index in [9.17, 15) is 17.6 Å². The monoisotopic (exact) mass is 570 g/mol. The lowest BCUT2D eigenvalue weighted by Gasteiger charge is -2.26. The molecule has 0 bridgehead atoms. The quantitative estimate of drug-likeness (QED) is 0.310. The van der Waals surface area contributed by atoms with Crippen molar-refractivity contribution in [2.75, 3.05) is 45.2 Å². The van der Waals surface area contributed by atoms with Gasteiger partial charge in [0.05, 0.1) is 9.60 Å². The van der Waals surface area contributed by atoms with Crippen LogP contribution in [0.25, 0.3) is 10.2 Å². The van der Waals surface area contributed by atoms with E-state index in [-0.39, 0.29) is 40.6 Å². The minimum Gasteiger partial charge on any atom is -0.308 e. The lowest BCUT2D eigenvalue weighted by Crippen LogP contribution is -2.37. The molecular formula is C26H36ClFN4O3S2. The number of hydrogen-bond acceptors (Lipinski definition) is 6. The summed E-state index contributed by atoms with van der Waals surface area (Å²) in [4.78, 5) is 21.6. The van der Waals surface area contributed by atoms with Gasteiger partial charge in [0.25, 0.3) is 5.91 Å². The summed E-state index contributed by atoms with van der Waals surface area (Å²) in [6, 6.07) is 10.8. The van der Waals surface area contributed by atoms with Crippen molar-refractivity contribution >= 4 is 55.0 Å². The minimum absolute atomic E-state index is 0. The summed E-state index contributed by atoms with van der Waals surface area (Å²) >= 11 is 1.25. The number of sulfonamides is 1. The smallest absolute Gasteiger partial charge is 0.260 e. The molecule has 0 N–H and O–H groups in total. The molecule has 1 heterocycles. The van der Waals surface area contributed by atoms with Crippen LogP contribution in [0.15, 0.2) is 47.4 Å². The van der Waals surface area contributed by atoms with Gasteiger partial charge in [-0.1, -0.05) is 45.1 Å².